The van der Waals surface area contributed by atoms with Crippen molar-refractivity contribution < 1.29 is 14.6 Å². The maximum atomic E-state index is 12.9. The van der Waals surface area contributed by atoms with Crippen molar-refractivity contribution >= 4 is 40.2 Å². The smallest absolute Gasteiger partial charge is 0.251 e. The molecule has 2 heterocycles. The van der Waals surface area contributed by atoms with Crippen LogP contribution in [0, 0.1) is 0 Å². The minimum absolute atomic E-state index is 0.0118. The Labute approximate surface area is 167 Å². The van der Waals surface area contributed by atoms with Gasteiger partial charge >= 0.3 is 0 Å². The lowest BCUT2D eigenvalue weighted by molar-refractivity contribution is -0.114. The predicted molar refractivity (Wildman–Crippen MR) is 111 cm³/mol. The molecule has 1 unspecified atom stereocenters. The van der Waals surface area contributed by atoms with Crippen LogP contribution < -0.4 is 9.64 Å². The maximum absolute atomic E-state index is 12.9. The molecule has 1 aromatic heterocycles. The van der Waals surface area contributed by atoms with E-state index in [1.165, 1.54) is 6.08 Å². The Kier molecular flexibility index (Phi) is 4.92. The molecule has 1 aliphatic rings. The minimum atomic E-state index is -0.160. The van der Waals surface area contributed by atoms with Crippen molar-refractivity contribution in [3.63, 3.8) is 0 Å². The molecule has 0 aliphatic carbocycles. The Balaban J connectivity index is 1.68. The predicted octanol–water partition coefficient (Wildman–Crippen LogP) is 4.33. The molecule has 1 atom stereocenters. The molecular formula is C22H19ClN2O3. The summed E-state index contributed by atoms with van der Waals surface area (Å²) in [5.41, 5.74) is 3.07. The topological polar surface area (TPSA) is 62.7 Å². The van der Waals surface area contributed by atoms with Gasteiger partial charge in [-0.15, -0.1) is 11.6 Å². The minimum Gasteiger partial charge on any atom is -0.506 e. The number of anilines is 1. The number of fused-ring (bicyclic) bond motifs is 3. The summed E-state index contributed by atoms with van der Waals surface area (Å²) in [6, 6.07) is 12.8. The number of halogens is 1. The van der Waals surface area contributed by atoms with E-state index in [1.807, 2.05) is 36.4 Å². The van der Waals surface area contributed by atoms with Gasteiger partial charge in [-0.05, 0) is 35.4 Å². The Morgan fingerprint density at radius 3 is 2.86 bits per heavy atom. The summed E-state index contributed by atoms with van der Waals surface area (Å²) in [6.45, 7) is 0.470. The van der Waals surface area contributed by atoms with Gasteiger partial charge in [0.1, 0.15) is 17.0 Å². The van der Waals surface area contributed by atoms with Gasteiger partial charge in [0.25, 0.3) is 5.91 Å². The molecule has 0 fully saturated rings. The summed E-state index contributed by atoms with van der Waals surface area (Å²) in [7, 11) is 1.61. The molecule has 0 saturated carbocycles. The monoisotopic (exact) mass is 394 g/mol. The van der Waals surface area contributed by atoms with E-state index in [0.29, 0.717) is 23.6 Å². The lowest BCUT2D eigenvalue weighted by Crippen LogP contribution is -2.28. The molecule has 1 amide bonds. The van der Waals surface area contributed by atoms with E-state index in [-0.39, 0.29) is 17.6 Å². The molecule has 2 aromatic carbocycles. The van der Waals surface area contributed by atoms with Crippen molar-refractivity contribution in [3.8, 4) is 11.5 Å². The van der Waals surface area contributed by atoms with Crippen LogP contribution in [0.1, 0.15) is 17.0 Å². The summed E-state index contributed by atoms with van der Waals surface area (Å²) in [6.07, 6.45) is 4.93. The van der Waals surface area contributed by atoms with Crippen LogP contribution in [-0.2, 0) is 4.79 Å². The molecule has 142 valence electrons. The van der Waals surface area contributed by atoms with Crippen LogP contribution in [-0.4, -0.2) is 35.5 Å². The SMILES string of the molecule is COc1ccc(C=CC(=O)N2CC(CCl)c3c2cc(O)c2ncccc32)cc1. The molecular weight excluding hydrogens is 376 g/mol. The number of ether oxygens (including phenoxy) is 1. The molecule has 1 N–H and O–H groups in total. The zero-order valence-corrected chi connectivity index (χ0v) is 16.1. The highest BCUT2D eigenvalue weighted by atomic mass is 35.5. The second kappa shape index (κ2) is 7.52. The highest BCUT2D eigenvalue weighted by Crippen LogP contribution is 2.44. The number of pyridine rings is 1. The molecule has 3 aromatic rings. The molecule has 0 spiro atoms. The average molecular weight is 395 g/mol. The van der Waals surface area contributed by atoms with Crippen LogP contribution >= 0.6 is 11.6 Å². The molecule has 0 saturated heterocycles. The van der Waals surface area contributed by atoms with Gasteiger partial charge in [0.05, 0.1) is 12.8 Å². The summed E-state index contributed by atoms with van der Waals surface area (Å²) in [5, 5.41) is 11.2. The lowest BCUT2D eigenvalue weighted by Gasteiger charge is -2.16. The number of phenolic OH excluding ortho intramolecular Hbond substituents is 1. The fourth-order valence-electron chi connectivity index (χ4n) is 3.61. The Bertz CT molecular complexity index is 1060. The summed E-state index contributed by atoms with van der Waals surface area (Å²) < 4.78 is 5.15. The first kappa shape index (κ1) is 18.3. The number of amides is 1. The van der Waals surface area contributed by atoms with E-state index >= 15 is 0 Å². The van der Waals surface area contributed by atoms with Crippen LogP contribution in [0.2, 0.25) is 0 Å². The van der Waals surface area contributed by atoms with Gasteiger partial charge in [-0.25, -0.2) is 0 Å². The third kappa shape index (κ3) is 3.18. The average Bonchev–Trinajstić information content (AvgIpc) is 3.11. The van der Waals surface area contributed by atoms with Gasteiger partial charge in [-0.1, -0.05) is 18.2 Å². The number of aromatic nitrogens is 1. The van der Waals surface area contributed by atoms with Gasteiger partial charge in [-0.2, -0.15) is 0 Å². The third-order valence-electron chi connectivity index (χ3n) is 4.98. The summed E-state index contributed by atoms with van der Waals surface area (Å²) in [4.78, 5) is 18.8. The van der Waals surface area contributed by atoms with Crippen LogP contribution in [0.15, 0.2) is 54.7 Å². The fraction of sp³-hybridized carbons (Fsp3) is 0.182. The van der Waals surface area contributed by atoms with E-state index in [4.69, 9.17) is 16.3 Å². The standard InChI is InChI=1S/C22H19ClN2O3/c1-28-16-7-4-14(5-8-16)6-9-20(27)25-13-15(12-23)21-17-3-2-10-24-22(17)19(26)11-18(21)25/h2-11,15,26H,12-13H2,1H3. The van der Waals surface area contributed by atoms with Gasteiger partial charge in [-0.3, -0.25) is 9.78 Å². The first-order valence-corrected chi connectivity index (χ1v) is 9.46. The van der Waals surface area contributed by atoms with Gasteiger partial charge in [0.15, 0.2) is 0 Å². The van der Waals surface area contributed by atoms with Gasteiger partial charge < -0.3 is 14.7 Å². The Hall–Kier alpha value is -3.05. The zero-order valence-electron chi connectivity index (χ0n) is 15.3. The Morgan fingerprint density at radius 1 is 1.36 bits per heavy atom. The second-order valence-electron chi connectivity index (χ2n) is 6.63. The van der Waals surface area contributed by atoms with E-state index in [9.17, 15) is 9.90 Å². The first-order chi connectivity index (χ1) is 13.6. The molecule has 5 nitrogen and oxygen atoms in total. The second-order valence-corrected chi connectivity index (χ2v) is 6.94. The molecule has 0 radical (unpaired) electrons. The molecule has 28 heavy (non-hydrogen) atoms. The van der Waals surface area contributed by atoms with Crippen molar-refractivity contribution in [3.05, 3.63) is 65.9 Å². The van der Waals surface area contributed by atoms with E-state index in [0.717, 1.165) is 22.3 Å². The number of benzene rings is 2. The number of methoxy groups -OCH3 is 1. The molecule has 4 rings (SSSR count). The summed E-state index contributed by atoms with van der Waals surface area (Å²) in [5.74, 6) is 1.03. The normalized spacial score (nSPS) is 15.9. The summed E-state index contributed by atoms with van der Waals surface area (Å²) >= 11 is 6.20. The van der Waals surface area contributed by atoms with Crippen molar-refractivity contribution in [2.24, 2.45) is 0 Å². The van der Waals surface area contributed by atoms with Crippen molar-refractivity contribution in [1.29, 1.82) is 0 Å². The highest BCUT2D eigenvalue weighted by Gasteiger charge is 2.33. The van der Waals surface area contributed by atoms with Crippen LogP contribution in [0.25, 0.3) is 17.0 Å². The lowest BCUT2D eigenvalue weighted by atomic mass is 9.98. The quantitative estimate of drug-likeness (QED) is 0.528. The number of alkyl halides is 1. The molecule has 1 aliphatic heterocycles. The van der Waals surface area contributed by atoms with Crippen molar-refractivity contribution in [2.45, 2.75) is 5.92 Å². The van der Waals surface area contributed by atoms with E-state index in [1.54, 1.807) is 30.3 Å². The van der Waals surface area contributed by atoms with Crippen LogP contribution in [0.4, 0.5) is 5.69 Å². The number of carbonyl (C=O) groups is 1. The van der Waals surface area contributed by atoms with Gasteiger partial charge in [0, 0.05) is 42.1 Å². The van der Waals surface area contributed by atoms with Crippen molar-refractivity contribution in [2.75, 3.05) is 24.4 Å². The number of nitrogens with zero attached hydrogens (tertiary/aromatic N) is 2. The van der Waals surface area contributed by atoms with Crippen molar-refractivity contribution in [1.82, 2.24) is 4.98 Å². The molecule has 6 heteroatoms. The van der Waals surface area contributed by atoms with Crippen LogP contribution in [0.5, 0.6) is 11.5 Å². The number of aromatic hydroxyl groups is 1. The zero-order chi connectivity index (χ0) is 19.7. The fourth-order valence-corrected chi connectivity index (χ4v) is 3.86. The molecule has 0 bridgehead atoms. The Morgan fingerprint density at radius 2 is 2.14 bits per heavy atom. The number of carbonyl (C=O) groups excluding carboxylic acids is 1. The number of hydrogen-bond donors (Lipinski definition) is 1. The number of phenols is 1. The number of rotatable bonds is 4. The van der Waals surface area contributed by atoms with Crippen LogP contribution in [0.3, 0.4) is 0 Å². The maximum Gasteiger partial charge on any atom is 0.251 e. The first-order valence-electron chi connectivity index (χ1n) is 8.92. The van der Waals surface area contributed by atoms with E-state index < -0.39 is 0 Å². The number of hydrogen-bond acceptors (Lipinski definition) is 4. The van der Waals surface area contributed by atoms with E-state index in [2.05, 4.69) is 4.98 Å². The van der Waals surface area contributed by atoms with Gasteiger partial charge in [0.2, 0.25) is 0 Å². The highest BCUT2D eigenvalue weighted by molar-refractivity contribution is 6.19. The largest absolute Gasteiger partial charge is 0.506 e. The third-order valence-corrected chi connectivity index (χ3v) is 5.35.